The Morgan fingerprint density at radius 3 is 2.66 bits per heavy atom. The van der Waals surface area contributed by atoms with Crippen LogP contribution in [0.25, 0.3) is 0 Å². The molecule has 2 N–H and O–H groups in total. The molecular formula is C27H36N2O3. The predicted molar refractivity (Wildman–Crippen MR) is 130 cm³/mol. The van der Waals surface area contributed by atoms with Gasteiger partial charge in [0.1, 0.15) is 5.75 Å². The van der Waals surface area contributed by atoms with E-state index >= 15 is 0 Å². The molecule has 3 rings (SSSR count). The maximum Gasteiger partial charge on any atom is 0.115 e. The Morgan fingerprint density at radius 2 is 2.00 bits per heavy atom. The molecule has 0 aromatic heterocycles. The van der Waals surface area contributed by atoms with E-state index < -0.39 is 0 Å². The number of ether oxygens (including phenoxy) is 2. The van der Waals surface area contributed by atoms with Gasteiger partial charge in [-0.2, -0.15) is 0 Å². The lowest BCUT2D eigenvalue weighted by Crippen LogP contribution is -2.30. The van der Waals surface area contributed by atoms with E-state index in [4.69, 9.17) is 14.9 Å². The third-order valence-electron chi connectivity index (χ3n) is 6.12. The quantitative estimate of drug-likeness (QED) is 0.278. The number of allylic oxidation sites excluding steroid dienone is 6. The number of rotatable bonds is 12. The van der Waals surface area contributed by atoms with E-state index in [1.54, 1.807) is 31.4 Å². The van der Waals surface area contributed by atoms with Gasteiger partial charge in [0.2, 0.25) is 0 Å². The molecule has 1 aromatic carbocycles. The minimum absolute atomic E-state index is 0.0807. The lowest BCUT2D eigenvalue weighted by Gasteiger charge is -2.23. The van der Waals surface area contributed by atoms with Crippen LogP contribution in [0.15, 0.2) is 72.4 Å². The molecule has 1 aromatic rings. The van der Waals surface area contributed by atoms with Gasteiger partial charge in [-0.25, -0.2) is 0 Å². The van der Waals surface area contributed by atoms with Crippen LogP contribution in [0.2, 0.25) is 0 Å². The van der Waals surface area contributed by atoms with Crippen LogP contribution in [-0.2, 0) is 9.47 Å². The number of hydrogen-bond acceptors (Lipinski definition) is 5. The Kier molecular flexibility index (Phi) is 8.62. The summed E-state index contributed by atoms with van der Waals surface area (Å²) in [5.74, 6) is 0.203. The fraction of sp³-hybridized carbons (Fsp3) is 0.444. The highest BCUT2D eigenvalue weighted by atomic mass is 16.5. The van der Waals surface area contributed by atoms with Gasteiger partial charge in [0.25, 0.3) is 0 Å². The molecule has 5 heteroatoms. The zero-order valence-corrected chi connectivity index (χ0v) is 19.3. The maximum atomic E-state index is 9.63. The Morgan fingerprint density at radius 1 is 1.25 bits per heavy atom. The smallest absolute Gasteiger partial charge is 0.115 e. The molecule has 0 radical (unpaired) electrons. The maximum absolute atomic E-state index is 9.63. The van der Waals surface area contributed by atoms with E-state index in [2.05, 4.69) is 17.6 Å². The van der Waals surface area contributed by atoms with Gasteiger partial charge < -0.3 is 14.6 Å². The second-order valence-corrected chi connectivity index (χ2v) is 8.76. The SMILES string of the molecule is C=C(/C=C\C=C/C)/C(=C\C1(CN2CCC(OCCOC)C2)CC1)C(=N)c1ccc(O)cc1. The molecule has 2 fully saturated rings. The topological polar surface area (TPSA) is 65.8 Å². The van der Waals surface area contributed by atoms with Crippen LogP contribution in [0, 0.1) is 10.8 Å². The van der Waals surface area contributed by atoms with Gasteiger partial charge in [0.15, 0.2) is 0 Å². The second-order valence-electron chi connectivity index (χ2n) is 8.76. The standard InChI is InChI=1S/C27H36N2O3/c1-4-5-6-7-21(2)25(26(28)22-8-10-23(30)11-9-22)18-27(13-14-27)20-29-15-12-24(19-29)32-17-16-31-3/h4-11,18,24,28,30H,2,12-17,19-20H2,1,3H3/b5-4-,7-6-,25-18+,28-26?. The Labute approximate surface area is 192 Å². The van der Waals surface area contributed by atoms with Crippen LogP contribution in [0.5, 0.6) is 5.75 Å². The summed E-state index contributed by atoms with van der Waals surface area (Å²) in [5, 5.41) is 18.5. The van der Waals surface area contributed by atoms with Crippen molar-refractivity contribution in [2.45, 2.75) is 32.3 Å². The monoisotopic (exact) mass is 436 g/mol. The zero-order chi connectivity index (χ0) is 23.0. The summed E-state index contributed by atoms with van der Waals surface area (Å²) in [6, 6.07) is 6.83. The van der Waals surface area contributed by atoms with Gasteiger partial charge in [0, 0.05) is 43.3 Å². The average molecular weight is 437 g/mol. The summed E-state index contributed by atoms with van der Waals surface area (Å²) in [6.07, 6.45) is 13.7. The highest BCUT2D eigenvalue weighted by Gasteiger charge is 2.43. The first-order chi connectivity index (χ1) is 15.5. The van der Waals surface area contributed by atoms with Crippen molar-refractivity contribution >= 4 is 5.71 Å². The molecule has 0 amide bonds. The average Bonchev–Trinajstić information content (AvgIpc) is 3.40. The predicted octanol–water partition coefficient (Wildman–Crippen LogP) is 4.89. The van der Waals surface area contributed by atoms with E-state index in [1.165, 1.54) is 0 Å². The number of methoxy groups -OCH3 is 1. The van der Waals surface area contributed by atoms with Crippen molar-refractivity contribution in [3.8, 4) is 5.75 Å². The molecule has 32 heavy (non-hydrogen) atoms. The molecular weight excluding hydrogens is 400 g/mol. The van der Waals surface area contributed by atoms with Gasteiger partial charge in [-0.05, 0) is 56.0 Å². The summed E-state index contributed by atoms with van der Waals surface area (Å²) in [5.41, 5.74) is 2.99. The molecule has 5 nitrogen and oxygen atoms in total. The fourth-order valence-electron chi connectivity index (χ4n) is 4.12. The lowest BCUT2D eigenvalue weighted by molar-refractivity contribution is 0.0216. The van der Waals surface area contributed by atoms with Crippen LogP contribution in [0.1, 0.15) is 31.7 Å². The highest BCUT2D eigenvalue weighted by molar-refractivity contribution is 6.13. The molecule has 1 saturated heterocycles. The number of nitrogens with zero attached hydrogens (tertiary/aromatic N) is 1. The summed E-state index contributed by atoms with van der Waals surface area (Å²) in [6.45, 7) is 10.5. The number of aromatic hydroxyl groups is 1. The number of phenols is 1. The van der Waals surface area contributed by atoms with Crippen molar-refractivity contribution in [3.05, 3.63) is 77.9 Å². The molecule has 0 spiro atoms. The Hall–Kier alpha value is -2.47. The molecule has 2 aliphatic rings. The first-order valence-corrected chi connectivity index (χ1v) is 11.4. The van der Waals surface area contributed by atoms with Crippen molar-refractivity contribution < 1.29 is 14.6 Å². The van der Waals surface area contributed by atoms with Crippen LogP contribution in [0.3, 0.4) is 0 Å². The van der Waals surface area contributed by atoms with Gasteiger partial charge in [-0.1, -0.05) is 37.0 Å². The molecule has 1 aliphatic carbocycles. The molecule has 1 unspecified atom stereocenters. The van der Waals surface area contributed by atoms with Crippen molar-refractivity contribution in [3.63, 3.8) is 0 Å². The first-order valence-electron chi connectivity index (χ1n) is 11.4. The van der Waals surface area contributed by atoms with Crippen LogP contribution < -0.4 is 0 Å². The molecule has 1 atom stereocenters. The second kappa shape index (κ2) is 11.4. The number of nitrogens with one attached hydrogen (secondary N) is 1. The van der Waals surface area contributed by atoms with Crippen molar-refractivity contribution in [1.82, 2.24) is 4.90 Å². The van der Waals surface area contributed by atoms with E-state index in [1.807, 2.05) is 31.2 Å². The third kappa shape index (κ3) is 6.76. The zero-order valence-electron chi connectivity index (χ0n) is 19.3. The molecule has 1 saturated carbocycles. The number of phenolic OH excluding ortho intramolecular Hbond substituents is 1. The number of benzene rings is 1. The fourth-order valence-corrected chi connectivity index (χ4v) is 4.12. The summed E-state index contributed by atoms with van der Waals surface area (Å²) in [7, 11) is 1.70. The largest absolute Gasteiger partial charge is 0.508 e. The molecule has 172 valence electrons. The van der Waals surface area contributed by atoms with E-state index in [0.29, 0.717) is 18.9 Å². The lowest BCUT2D eigenvalue weighted by atomic mass is 9.91. The van der Waals surface area contributed by atoms with Gasteiger partial charge in [-0.15, -0.1) is 0 Å². The van der Waals surface area contributed by atoms with Crippen LogP contribution >= 0.6 is 0 Å². The van der Waals surface area contributed by atoms with Gasteiger partial charge in [0.05, 0.1) is 25.0 Å². The van der Waals surface area contributed by atoms with Crippen LogP contribution in [0.4, 0.5) is 0 Å². The Bertz CT molecular complexity index is 879. The van der Waals surface area contributed by atoms with Gasteiger partial charge in [-0.3, -0.25) is 10.3 Å². The normalized spacial score (nSPS) is 20.9. The number of hydrogen-bond donors (Lipinski definition) is 2. The van der Waals surface area contributed by atoms with Crippen LogP contribution in [-0.4, -0.2) is 61.8 Å². The van der Waals surface area contributed by atoms with E-state index in [0.717, 1.165) is 55.6 Å². The third-order valence-corrected chi connectivity index (χ3v) is 6.12. The Balaban J connectivity index is 1.75. The minimum Gasteiger partial charge on any atom is -0.508 e. The highest BCUT2D eigenvalue weighted by Crippen LogP contribution is 2.49. The van der Waals surface area contributed by atoms with Crippen molar-refractivity contribution in [2.75, 3.05) is 40.0 Å². The number of likely N-dealkylation sites (tertiary alicyclic amines) is 1. The van der Waals surface area contributed by atoms with Gasteiger partial charge >= 0.3 is 0 Å². The first kappa shape index (κ1) is 24.2. The summed E-state index contributed by atoms with van der Waals surface area (Å²) in [4.78, 5) is 2.49. The van der Waals surface area contributed by atoms with E-state index in [-0.39, 0.29) is 17.3 Å². The molecule has 1 heterocycles. The molecule has 1 aliphatic heterocycles. The van der Waals surface area contributed by atoms with E-state index in [9.17, 15) is 5.11 Å². The minimum atomic E-state index is 0.0807. The summed E-state index contributed by atoms with van der Waals surface area (Å²) >= 11 is 0. The van der Waals surface area contributed by atoms with Crippen molar-refractivity contribution in [1.29, 1.82) is 5.41 Å². The summed E-state index contributed by atoms with van der Waals surface area (Å²) < 4.78 is 11.0. The molecule has 0 bridgehead atoms. The van der Waals surface area contributed by atoms with Crippen molar-refractivity contribution in [2.24, 2.45) is 5.41 Å².